The third-order valence-electron chi connectivity index (χ3n) is 2.27. The zero-order valence-electron chi connectivity index (χ0n) is 9.02. The van der Waals surface area contributed by atoms with Crippen molar-refractivity contribution >= 4 is 11.8 Å². The van der Waals surface area contributed by atoms with E-state index in [1.165, 1.54) is 13.8 Å². The van der Waals surface area contributed by atoms with Gasteiger partial charge in [0, 0.05) is 6.54 Å². The van der Waals surface area contributed by atoms with Crippen LogP contribution in [0.25, 0.3) is 0 Å². The van der Waals surface area contributed by atoms with Crippen LogP contribution in [0.15, 0.2) is 0 Å². The van der Waals surface area contributed by atoms with E-state index in [9.17, 15) is 22.8 Å². The fourth-order valence-electron chi connectivity index (χ4n) is 1.52. The predicted octanol–water partition coefficient (Wildman–Crippen LogP) is 0.676. The Labute approximate surface area is 90.8 Å². The molecule has 0 aromatic heterocycles. The number of nitrogens with one attached hydrogen (secondary N) is 1. The van der Waals surface area contributed by atoms with Gasteiger partial charge < -0.3 is 10.2 Å². The summed E-state index contributed by atoms with van der Waals surface area (Å²) in [5.41, 5.74) is -1.12. The van der Waals surface area contributed by atoms with E-state index in [1.807, 2.05) is 0 Å². The van der Waals surface area contributed by atoms with Crippen LogP contribution in [-0.2, 0) is 9.59 Å². The number of rotatable bonds is 2. The molecule has 0 aromatic carbocycles. The third kappa shape index (κ3) is 3.11. The van der Waals surface area contributed by atoms with E-state index < -0.39 is 36.5 Å². The quantitative estimate of drug-likeness (QED) is 0.769. The van der Waals surface area contributed by atoms with Crippen LogP contribution in [0.2, 0.25) is 0 Å². The molecule has 0 unspecified atom stereocenters. The van der Waals surface area contributed by atoms with Crippen molar-refractivity contribution in [3.63, 3.8) is 0 Å². The first kappa shape index (κ1) is 12.8. The topological polar surface area (TPSA) is 49.4 Å². The lowest BCUT2D eigenvalue weighted by atomic mass is 10.0. The number of hydrogen-bond acceptors (Lipinski definition) is 2. The molecule has 1 aliphatic rings. The van der Waals surface area contributed by atoms with E-state index in [-0.39, 0.29) is 6.54 Å². The van der Waals surface area contributed by atoms with Gasteiger partial charge in [0.25, 0.3) is 0 Å². The Bertz CT molecular complexity index is 312. The third-order valence-corrected chi connectivity index (χ3v) is 2.27. The van der Waals surface area contributed by atoms with Crippen LogP contribution in [0.4, 0.5) is 13.2 Å². The summed E-state index contributed by atoms with van der Waals surface area (Å²) in [6.07, 6.45) is -5.42. The lowest BCUT2D eigenvalue weighted by Gasteiger charge is -2.37. The Morgan fingerprint density at radius 2 is 1.94 bits per heavy atom. The van der Waals surface area contributed by atoms with Gasteiger partial charge in [-0.2, -0.15) is 13.2 Å². The van der Waals surface area contributed by atoms with Gasteiger partial charge in [0.15, 0.2) is 0 Å². The highest BCUT2D eigenvalue weighted by molar-refractivity contribution is 5.97. The number of halogens is 3. The minimum Gasteiger partial charge on any atom is -0.341 e. The van der Waals surface area contributed by atoms with Crippen molar-refractivity contribution in [3.8, 4) is 0 Å². The maximum Gasteiger partial charge on any atom is 0.390 e. The average Bonchev–Trinajstić information content (AvgIpc) is 2.06. The van der Waals surface area contributed by atoms with Crippen molar-refractivity contribution < 1.29 is 22.8 Å². The molecule has 0 saturated carbocycles. The molecule has 0 aromatic rings. The second-order valence-electron chi connectivity index (χ2n) is 4.27. The summed E-state index contributed by atoms with van der Waals surface area (Å²) in [7, 11) is 0. The molecule has 0 bridgehead atoms. The van der Waals surface area contributed by atoms with E-state index in [0.717, 1.165) is 4.90 Å². The normalized spacial score (nSPS) is 20.9. The average molecular weight is 238 g/mol. The molecule has 1 rings (SSSR count). The Hall–Kier alpha value is -1.27. The number of hydrogen-bond donors (Lipinski definition) is 1. The van der Waals surface area contributed by atoms with Gasteiger partial charge in [-0.3, -0.25) is 9.59 Å². The van der Waals surface area contributed by atoms with Crippen LogP contribution in [-0.4, -0.2) is 41.5 Å². The highest BCUT2D eigenvalue weighted by Gasteiger charge is 2.40. The second kappa shape index (κ2) is 3.95. The van der Waals surface area contributed by atoms with E-state index in [0.29, 0.717) is 0 Å². The predicted molar refractivity (Wildman–Crippen MR) is 49.5 cm³/mol. The maximum absolute atomic E-state index is 12.0. The molecule has 2 amide bonds. The van der Waals surface area contributed by atoms with Gasteiger partial charge in [-0.25, -0.2) is 0 Å². The first-order valence-electron chi connectivity index (χ1n) is 4.79. The number of piperazine rings is 1. The van der Waals surface area contributed by atoms with Crippen molar-refractivity contribution in [2.75, 3.05) is 13.1 Å². The standard InChI is InChI=1S/C9H13F3N2O2/c1-8(2)7(16)14(5-6(15)13-8)4-3-9(10,11)12/h3-5H2,1-2H3,(H,13,15). The highest BCUT2D eigenvalue weighted by atomic mass is 19.4. The van der Waals surface area contributed by atoms with Gasteiger partial charge in [-0.1, -0.05) is 0 Å². The molecule has 7 heteroatoms. The zero-order valence-corrected chi connectivity index (χ0v) is 9.02. The molecule has 1 fully saturated rings. The Morgan fingerprint density at radius 1 is 1.38 bits per heavy atom. The molecule has 92 valence electrons. The summed E-state index contributed by atoms with van der Waals surface area (Å²) in [5.74, 6) is -0.928. The lowest BCUT2D eigenvalue weighted by molar-refractivity contribution is -0.156. The minimum atomic E-state index is -4.32. The van der Waals surface area contributed by atoms with Crippen molar-refractivity contribution in [2.24, 2.45) is 0 Å². The number of carbonyl (C=O) groups excluding carboxylic acids is 2. The van der Waals surface area contributed by atoms with E-state index >= 15 is 0 Å². The van der Waals surface area contributed by atoms with Crippen LogP contribution in [0, 0.1) is 0 Å². The van der Waals surface area contributed by atoms with Crippen LogP contribution >= 0.6 is 0 Å². The second-order valence-corrected chi connectivity index (χ2v) is 4.27. The van der Waals surface area contributed by atoms with E-state index in [2.05, 4.69) is 5.32 Å². The molecule has 16 heavy (non-hydrogen) atoms. The first-order valence-corrected chi connectivity index (χ1v) is 4.79. The molecule has 0 radical (unpaired) electrons. The van der Waals surface area contributed by atoms with Gasteiger partial charge in [-0.05, 0) is 13.8 Å². The fourth-order valence-corrected chi connectivity index (χ4v) is 1.52. The monoisotopic (exact) mass is 238 g/mol. The van der Waals surface area contributed by atoms with Crippen molar-refractivity contribution in [1.29, 1.82) is 0 Å². The van der Waals surface area contributed by atoms with Gasteiger partial charge >= 0.3 is 6.18 Å². The molecular weight excluding hydrogens is 225 g/mol. The summed E-state index contributed by atoms with van der Waals surface area (Å²) < 4.78 is 36.0. The molecule has 1 aliphatic heterocycles. The largest absolute Gasteiger partial charge is 0.390 e. The van der Waals surface area contributed by atoms with Crippen molar-refractivity contribution in [2.45, 2.75) is 32.0 Å². The van der Waals surface area contributed by atoms with Crippen molar-refractivity contribution in [1.82, 2.24) is 10.2 Å². The maximum atomic E-state index is 12.0. The fraction of sp³-hybridized carbons (Fsp3) is 0.778. The number of amides is 2. The van der Waals surface area contributed by atoms with Gasteiger partial charge in [0.2, 0.25) is 11.8 Å². The molecule has 1 heterocycles. The summed E-state index contributed by atoms with van der Waals surface area (Å²) in [6, 6.07) is 0. The van der Waals surface area contributed by atoms with Crippen LogP contribution in [0.5, 0.6) is 0 Å². The number of alkyl halides is 3. The van der Waals surface area contributed by atoms with Gasteiger partial charge in [0.05, 0.1) is 13.0 Å². The van der Waals surface area contributed by atoms with Crippen molar-refractivity contribution in [3.05, 3.63) is 0 Å². The molecule has 4 nitrogen and oxygen atoms in total. The number of nitrogens with zero attached hydrogens (tertiary/aromatic N) is 1. The Morgan fingerprint density at radius 3 is 2.44 bits per heavy atom. The molecular formula is C9H13F3N2O2. The Kier molecular flexibility index (Phi) is 3.16. The van der Waals surface area contributed by atoms with E-state index in [1.54, 1.807) is 0 Å². The number of carbonyl (C=O) groups is 2. The smallest absolute Gasteiger partial charge is 0.341 e. The summed E-state index contributed by atoms with van der Waals surface area (Å²) >= 11 is 0. The van der Waals surface area contributed by atoms with Crippen LogP contribution in [0.1, 0.15) is 20.3 Å². The summed E-state index contributed by atoms with van der Waals surface area (Å²) in [6.45, 7) is 2.15. The SMILES string of the molecule is CC1(C)NC(=O)CN(CCC(F)(F)F)C1=O. The molecule has 0 aliphatic carbocycles. The molecule has 1 saturated heterocycles. The van der Waals surface area contributed by atoms with Crippen LogP contribution in [0.3, 0.4) is 0 Å². The van der Waals surface area contributed by atoms with Gasteiger partial charge in [-0.15, -0.1) is 0 Å². The molecule has 0 atom stereocenters. The molecule has 0 spiro atoms. The van der Waals surface area contributed by atoms with E-state index in [4.69, 9.17) is 0 Å². The minimum absolute atomic E-state index is 0.307. The summed E-state index contributed by atoms with van der Waals surface area (Å²) in [4.78, 5) is 23.8. The van der Waals surface area contributed by atoms with Gasteiger partial charge in [0.1, 0.15) is 5.54 Å². The molecule has 1 N–H and O–H groups in total. The Balaban J connectivity index is 2.66. The summed E-state index contributed by atoms with van der Waals surface area (Å²) in [5, 5.41) is 2.42. The zero-order chi connectivity index (χ0) is 12.6. The van der Waals surface area contributed by atoms with Crippen LogP contribution < -0.4 is 5.32 Å². The highest BCUT2D eigenvalue weighted by Crippen LogP contribution is 2.21. The first-order chi connectivity index (χ1) is 7.12. The lowest BCUT2D eigenvalue weighted by Crippen LogP contribution is -2.64.